The van der Waals surface area contributed by atoms with Gasteiger partial charge in [0.15, 0.2) is 5.69 Å². The van der Waals surface area contributed by atoms with Crippen LogP contribution in [0.2, 0.25) is 0 Å². The number of nitrogens with one attached hydrogen (secondary N) is 1. The van der Waals surface area contributed by atoms with Crippen molar-refractivity contribution in [2.24, 2.45) is 0 Å². The van der Waals surface area contributed by atoms with E-state index in [1.165, 1.54) is 11.1 Å². The highest BCUT2D eigenvalue weighted by Gasteiger charge is 2.23. The summed E-state index contributed by atoms with van der Waals surface area (Å²) in [5, 5.41) is 19.7. The lowest BCUT2D eigenvalue weighted by Crippen LogP contribution is -2.36. The van der Waals surface area contributed by atoms with Crippen molar-refractivity contribution in [3.63, 3.8) is 0 Å². The Bertz CT molecular complexity index is 730. The summed E-state index contributed by atoms with van der Waals surface area (Å²) in [4.78, 5) is 14.5. The molecule has 1 aromatic heterocycles. The molecule has 1 saturated heterocycles. The molecule has 26 heavy (non-hydrogen) atoms. The van der Waals surface area contributed by atoms with Gasteiger partial charge < -0.3 is 10.4 Å². The number of aliphatic hydroxyl groups excluding tert-OH is 1. The predicted octanol–water partition coefficient (Wildman–Crippen LogP) is 1.54. The second-order valence-corrected chi connectivity index (χ2v) is 6.94. The number of carbonyl (C=O) groups excluding carboxylic acids is 1. The molecule has 1 fully saturated rings. The smallest absolute Gasteiger partial charge is 0.273 e. The fourth-order valence-corrected chi connectivity index (χ4v) is 3.39. The Morgan fingerprint density at radius 3 is 3.12 bits per heavy atom. The molecular weight excluding hydrogens is 330 g/mol. The lowest BCUT2D eigenvalue weighted by molar-refractivity contribution is 0.0946. The zero-order valence-corrected chi connectivity index (χ0v) is 15.3. The predicted molar refractivity (Wildman–Crippen MR) is 98.8 cm³/mol. The molecule has 2 heterocycles. The van der Waals surface area contributed by atoms with Crippen LogP contribution in [0.3, 0.4) is 0 Å². The van der Waals surface area contributed by atoms with Crippen molar-refractivity contribution < 1.29 is 9.90 Å². The average molecular weight is 357 g/mol. The summed E-state index contributed by atoms with van der Waals surface area (Å²) in [5.74, 6) is -0.239. The number of piperidine rings is 1. The van der Waals surface area contributed by atoms with E-state index < -0.39 is 0 Å². The van der Waals surface area contributed by atoms with Gasteiger partial charge in [-0.1, -0.05) is 35.0 Å². The van der Waals surface area contributed by atoms with E-state index in [-0.39, 0.29) is 18.6 Å². The van der Waals surface area contributed by atoms with E-state index in [9.17, 15) is 4.79 Å². The molecule has 7 nitrogen and oxygen atoms in total. The summed E-state index contributed by atoms with van der Waals surface area (Å²) >= 11 is 0. The monoisotopic (exact) mass is 357 g/mol. The van der Waals surface area contributed by atoms with Gasteiger partial charge in [-0.3, -0.25) is 9.69 Å². The standard InChI is InChI=1S/C19H27N5O2/c1-15-5-2-6-16(11-15)12-23-9-3-7-17(13-23)24-14-18(21-22-24)19(26)20-8-4-10-25/h2,5-6,11,14,17,25H,3-4,7-10,12-13H2,1H3,(H,20,26). The number of likely N-dealkylation sites (tertiary alicyclic amines) is 1. The number of benzene rings is 1. The number of carbonyl (C=O) groups is 1. The summed E-state index contributed by atoms with van der Waals surface area (Å²) in [6.45, 7) is 5.53. The van der Waals surface area contributed by atoms with Crippen molar-refractivity contribution in [2.75, 3.05) is 26.2 Å². The molecule has 0 saturated carbocycles. The van der Waals surface area contributed by atoms with Crippen LogP contribution in [-0.4, -0.2) is 57.1 Å². The lowest BCUT2D eigenvalue weighted by atomic mass is 10.0. The zero-order chi connectivity index (χ0) is 18.4. The second-order valence-electron chi connectivity index (χ2n) is 6.94. The number of hydrogen-bond acceptors (Lipinski definition) is 5. The first-order chi connectivity index (χ1) is 12.7. The molecule has 1 unspecified atom stereocenters. The molecule has 2 aromatic rings. The minimum absolute atomic E-state index is 0.0613. The van der Waals surface area contributed by atoms with Crippen LogP contribution in [0, 0.1) is 6.92 Å². The molecule has 3 rings (SSSR count). The van der Waals surface area contributed by atoms with Crippen molar-refractivity contribution in [3.05, 3.63) is 47.3 Å². The Labute approximate surface area is 154 Å². The largest absolute Gasteiger partial charge is 0.396 e. The molecule has 140 valence electrons. The van der Waals surface area contributed by atoms with Gasteiger partial charge in [0.1, 0.15) is 0 Å². The number of aryl methyl sites for hydroxylation is 1. The van der Waals surface area contributed by atoms with Crippen molar-refractivity contribution in [1.29, 1.82) is 0 Å². The van der Waals surface area contributed by atoms with Crippen LogP contribution in [-0.2, 0) is 6.54 Å². The van der Waals surface area contributed by atoms with E-state index in [0.29, 0.717) is 18.7 Å². The minimum atomic E-state index is -0.239. The molecule has 1 aromatic carbocycles. The molecule has 7 heteroatoms. The minimum Gasteiger partial charge on any atom is -0.396 e. The first-order valence-electron chi connectivity index (χ1n) is 9.24. The maximum atomic E-state index is 12.0. The fourth-order valence-electron chi connectivity index (χ4n) is 3.39. The van der Waals surface area contributed by atoms with E-state index >= 15 is 0 Å². The number of nitrogens with zero attached hydrogens (tertiary/aromatic N) is 4. The maximum absolute atomic E-state index is 12.0. The summed E-state index contributed by atoms with van der Waals surface area (Å²) < 4.78 is 1.82. The number of hydrogen-bond donors (Lipinski definition) is 2. The third-order valence-corrected chi connectivity index (χ3v) is 4.71. The SMILES string of the molecule is Cc1cccc(CN2CCCC(n3cc(C(=O)NCCCO)nn3)C2)c1. The highest BCUT2D eigenvalue weighted by atomic mass is 16.3. The molecule has 2 N–H and O–H groups in total. The Hall–Kier alpha value is -2.25. The van der Waals surface area contributed by atoms with Crippen molar-refractivity contribution in [2.45, 2.75) is 38.8 Å². The Balaban J connectivity index is 1.58. The van der Waals surface area contributed by atoms with Crippen LogP contribution in [0.1, 0.15) is 46.9 Å². The van der Waals surface area contributed by atoms with E-state index in [4.69, 9.17) is 5.11 Å². The molecular formula is C19H27N5O2. The quantitative estimate of drug-likeness (QED) is 0.735. The molecule has 1 atom stereocenters. The Morgan fingerprint density at radius 1 is 1.42 bits per heavy atom. The van der Waals surface area contributed by atoms with Crippen molar-refractivity contribution in [1.82, 2.24) is 25.2 Å². The van der Waals surface area contributed by atoms with Gasteiger partial charge in [0.05, 0.1) is 12.2 Å². The Kier molecular flexibility index (Phi) is 6.35. The van der Waals surface area contributed by atoms with E-state index in [0.717, 1.165) is 32.5 Å². The molecule has 0 radical (unpaired) electrons. The van der Waals surface area contributed by atoms with E-state index in [1.54, 1.807) is 6.20 Å². The van der Waals surface area contributed by atoms with Crippen LogP contribution in [0.4, 0.5) is 0 Å². The Morgan fingerprint density at radius 2 is 2.31 bits per heavy atom. The van der Waals surface area contributed by atoms with E-state index in [1.807, 2.05) is 4.68 Å². The van der Waals surface area contributed by atoms with Crippen LogP contribution in [0.25, 0.3) is 0 Å². The zero-order valence-electron chi connectivity index (χ0n) is 15.3. The van der Waals surface area contributed by atoms with Gasteiger partial charge in [-0.2, -0.15) is 0 Å². The summed E-state index contributed by atoms with van der Waals surface area (Å²) in [6, 6.07) is 8.85. The fraction of sp³-hybridized carbons (Fsp3) is 0.526. The number of aromatic nitrogens is 3. The first kappa shape index (κ1) is 18.5. The van der Waals surface area contributed by atoms with Crippen LogP contribution < -0.4 is 5.32 Å². The average Bonchev–Trinajstić information content (AvgIpc) is 3.12. The van der Waals surface area contributed by atoms with Gasteiger partial charge in [0.2, 0.25) is 0 Å². The van der Waals surface area contributed by atoms with Gasteiger partial charge in [0.25, 0.3) is 5.91 Å². The van der Waals surface area contributed by atoms with E-state index in [2.05, 4.69) is 51.7 Å². The highest BCUT2D eigenvalue weighted by molar-refractivity contribution is 5.91. The third-order valence-electron chi connectivity index (χ3n) is 4.71. The van der Waals surface area contributed by atoms with Gasteiger partial charge in [-0.15, -0.1) is 5.10 Å². The summed E-state index contributed by atoms with van der Waals surface area (Å²) in [7, 11) is 0. The molecule has 1 aliphatic rings. The lowest BCUT2D eigenvalue weighted by Gasteiger charge is -2.32. The van der Waals surface area contributed by atoms with Crippen LogP contribution in [0.5, 0.6) is 0 Å². The number of aliphatic hydroxyl groups is 1. The van der Waals surface area contributed by atoms with Crippen LogP contribution >= 0.6 is 0 Å². The second kappa shape index (κ2) is 8.91. The summed E-state index contributed by atoms with van der Waals surface area (Å²) in [5.41, 5.74) is 2.94. The third kappa shape index (κ3) is 4.89. The first-order valence-corrected chi connectivity index (χ1v) is 9.24. The number of rotatable bonds is 7. The maximum Gasteiger partial charge on any atom is 0.273 e. The molecule has 0 aliphatic carbocycles. The summed E-state index contributed by atoms with van der Waals surface area (Å²) in [6.07, 6.45) is 4.42. The van der Waals surface area contributed by atoms with Crippen LogP contribution in [0.15, 0.2) is 30.5 Å². The topological polar surface area (TPSA) is 83.3 Å². The molecule has 1 aliphatic heterocycles. The van der Waals surface area contributed by atoms with Gasteiger partial charge in [-0.05, 0) is 38.3 Å². The number of amides is 1. The molecule has 1 amide bonds. The van der Waals surface area contributed by atoms with Crippen molar-refractivity contribution in [3.8, 4) is 0 Å². The van der Waals surface area contributed by atoms with Crippen molar-refractivity contribution >= 4 is 5.91 Å². The van der Waals surface area contributed by atoms with Gasteiger partial charge >= 0.3 is 0 Å². The molecule has 0 spiro atoms. The van der Waals surface area contributed by atoms with Gasteiger partial charge in [0, 0.05) is 26.2 Å². The normalized spacial score (nSPS) is 18.0. The molecule has 0 bridgehead atoms. The van der Waals surface area contributed by atoms with Gasteiger partial charge in [-0.25, -0.2) is 4.68 Å². The highest BCUT2D eigenvalue weighted by Crippen LogP contribution is 2.22.